The molecule has 0 spiro atoms. The summed E-state index contributed by atoms with van der Waals surface area (Å²) >= 11 is 0. The van der Waals surface area contributed by atoms with Crippen molar-refractivity contribution in [1.29, 1.82) is 0 Å². The number of hydrogen-bond acceptors (Lipinski definition) is 5. The zero-order valence-corrected chi connectivity index (χ0v) is 33.1. The second-order valence-electron chi connectivity index (χ2n) is 15.1. The summed E-state index contributed by atoms with van der Waals surface area (Å²) in [4.78, 5) is 22.9. The van der Waals surface area contributed by atoms with E-state index in [1.165, 1.54) is 16.3 Å². The number of fused-ring (bicyclic) bond motifs is 3. The van der Waals surface area contributed by atoms with Crippen LogP contribution < -0.4 is 4.90 Å². The van der Waals surface area contributed by atoms with Crippen molar-refractivity contribution < 1.29 is 0 Å². The first-order chi connectivity index (χ1) is 30.2. The van der Waals surface area contributed by atoms with E-state index < -0.39 is 0 Å². The van der Waals surface area contributed by atoms with Gasteiger partial charge in [-0.25, -0.2) is 19.9 Å². The van der Waals surface area contributed by atoms with Crippen LogP contribution in [0.3, 0.4) is 0 Å². The molecule has 286 valence electrons. The molecule has 0 bridgehead atoms. The monoisotopic (exact) mass is 779 g/mol. The molecule has 0 N–H and O–H groups in total. The standard InChI is InChI=1S/C56H37N5/c1-3-15-40(16-4-1)53-55(59-51-24-11-9-22-49(51)57-53)42-28-34-45(35-29-42)61(44-32-26-39(27-33-44)48-21-13-19-38-14-7-8-20-47(38)48)46-36-30-43(31-37-46)56-54(41-17-5-2-6-18-41)58-50-23-10-12-25-52(50)60-56/h1-37H. The van der Waals surface area contributed by atoms with Gasteiger partial charge in [-0.1, -0.05) is 164 Å². The lowest BCUT2D eigenvalue weighted by Gasteiger charge is -2.26. The molecule has 5 heteroatoms. The second kappa shape index (κ2) is 15.5. The lowest BCUT2D eigenvalue weighted by Crippen LogP contribution is -2.10. The van der Waals surface area contributed by atoms with Gasteiger partial charge >= 0.3 is 0 Å². The van der Waals surface area contributed by atoms with Crippen LogP contribution in [0.15, 0.2) is 224 Å². The van der Waals surface area contributed by atoms with E-state index in [4.69, 9.17) is 19.9 Å². The number of hydrogen-bond donors (Lipinski definition) is 0. The molecule has 0 aliphatic carbocycles. The lowest BCUT2D eigenvalue weighted by molar-refractivity contribution is 1.26. The minimum atomic E-state index is 0.845. The van der Waals surface area contributed by atoms with Crippen molar-refractivity contribution in [2.75, 3.05) is 4.90 Å². The molecule has 0 fully saturated rings. The molecule has 9 aromatic carbocycles. The Labute approximate surface area is 354 Å². The summed E-state index contributed by atoms with van der Waals surface area (Å²) in [5.74, 6) is 0. The SMILES string of the molecule is c1ccc(-c2nc3ccccc3nc2-c2ccc(N(c3ccc(-c4nc5ccccc5nc4-c4ccccc4)cc3)c3ccc(-c4cccc5ccccc45)cc3)cc2)cc1. The van der Waals surface area contributed by atoms with Crippen molar-refractivity contribution in [3.05, 3.63) is 224 Å². The molecule has 0 unspecified atom stereocenters. The minimum absolute atomic E-state index is 0.845. The first kappa shape index (κ1) is 35.8. The topological polar surface area (TPSA) is 54.8 Å². The van der Waals surface area contributed by atoms with Gasteiger partial charge in [0, 0.05) is 39.3 Å². The van der Waals surface area contributed by atoms with Crippen LogP contribution in [0, 0.1) is 0 Å². The van der Waals surface area contributed by atoms with E-state index in [2.05, 4.69) is 144 Å². The van der Waals surface area contributed by atoms with Crippen molar-refractivity contribution in [3.8, 4) is 56.2 Å². The lowest BCUT2D eigenvalue weighted by atomic mass is 9.98. The highest BCUT2D eigenvalue weighted by atomic mass is 15.1. The summed E-state index contributed by atoms with van der Waals surface area (Å²) < 4.78 is 0. The quantitative estimate of drug-likeness (QED) is 0.154. The number of benzene rings is 9. The van der Waals surface area contributed by atoms with Crippen molar-refractivity contribution >= 4 is 49.9 Å². The van der Waals surface area contributed by atoms with Gasteiger partial charge in [0.2, 0.25) is 0 Å². The van der Waals surface area contributed by atoms with Crippen LogP contribution in [-0.4, -0.2) is 19.9 Å². The average Bonchev–Trinajstić information content (AvgIpc) is 3.34. The summed E-state index contributed by atoms with van der Waals surface area (Å²) in [5.41, 5.74) is 16.3. The summed E-state index contributed by atoms with van der Waals surface area (Å²) in [6, 6.07) is 78.0. The number of nitrogens with zero attached hydrogens (tertiary/aromatic N) is 5. The van der Waals surface area contributed by atoms with E-state index in [1.807, 2.05) is 84.9 Å². The maximum absolute atomic E-state index is 5.17. The number of aromatic nitrogens is 4. The van der Waals surface area contributed by atoms with Gasteiger partial charge in [0.05, 0.1) is 44.8 Å². The Bertz CT molecular complexity index is 3160. The van der Waals surface area contributed by atoms with Crippen LogP contribution in [-0.2, 0) is 0 Å². The average molecular weight is 780 g/mol. The molecule has 0 radical (unpaired) electrons. The molecule has 2 heterocycles. The van der Waals surface area contributed by atoms with Crippen LogP contribution >= 0.6 is 0 Å². The van der Waals surface area contributed by atoms with E-state index in [0.717, 1.165) is 89.7 Å². The molecule has 0 atom stereocenters. The first-order valence-corrected chi connectivity index (χ1v) is 20.5. The molecule has 0 aliphatic rings. The number of para-hydroxylation sites is 4. The molecule has 61 heavy (non-hydrogen) atoms. The van der Waals surface area contributed by atoms with Crippen molar-refractivity contribution in [3.63, 3.8) is 0 Å². The normalized spacial score (nSPS) is 11.3. The largest absolute Gasteiger partial charge is 0.311 e. The Kier molecular flexibility index (Phi) is 9.10. The Hall–Kier alpha value is -8.28. The summed E-state index contributed by atoms with van der Waals surface area (Å²) in [5, 5.41) is 2.46. The van der Waals surface area contributed by atoms with E-state index in [0.29, 0.717) is 0 Å². The smallest absolute Gasteiger partial charge is 0.0973 e. The highest BCUT2D eigenvalue weighted by Crippen LogP contribution is 2.40. The fraction of sp³-hybridized carbons (Fsp3) is 0. The molecule has 0 aliphatic heterocycles. The maximum atomic E-state index is 5.17. The van der Waals surface area contributed by atoms with Gasteiger partial charge in [-0.05, 0) is 82.6 Å². The third-order valence-electron chi connectivity index (χ3n) is 11.3. The van der Waals surface area contributed by atoms with Crippen LogP contribution in [0.4, 0.5) is 17.1 Å². The Morgan fingerprint density at radius 3 is 1.00 bits per heavy atom. The van der Waals surface area contributed by atoms with E-state index in [9.17, 15) is 0 Å². The third-order valence-corrected chi connectivity index (χ3v) is 11.3. The van der Waals surface area contributed by atoms with Gasteiger partial charge in [-0.3, -0.25) is 0 Å². The van der Waals surface area contributed by atoms with Gasteiger partial charge in [-0.15, -0.1) is 0 Å². The summed E-state index contributed by atoms with van der Waals surface area (Å²) in [6.07, 6.45) is 0. The molecule has 11 rings (SSSR count). The first-order valence-electron chi connectivity index (χ1n) is 20.5. The Morgan fingerprint density at radius 2 is 0.574 bits per heavy atom. The fourth-order valence-corrected chi connectivity index (χ4v) is 8.25. The third kappa shape index (κ3) is 6.84. The highest BCUT2D eigenvalue weighted by Gasteiger charge is 2.19. The molecule has 0 saturated carbocycles. The molecule has 2 aromatic heterocycles. The molecular weight excluding hydrogens is 743 g/mol. The second-order valence-corrected chi connectivity index (χ2v) is 15.1. The molecule has 0 amide bonds. The molecule has 0 saturated heterocycles. The van der Waals surface area contributed by atoms with Crippen molar-refractivity contribution in [2.45, 2.75) is 0 Å². The number of rotatable bonds is 8. The predicted octanol–water partition coefficient (Wildman–Crippen LogP) is 14.5. The van der Waals surface area contributed by atoms with Crippen LogP contribution in [0.2, 0.25) is 0 Å². The Balaban J connectivity index is 1.02. The van der Waals surface area contributed by atoms with Crippen LogP contribution in [0.25, 0.3) is 89.0 Å². The van der Waals surface area contributed by atoms with Gasteiger partial charge in [0.25, 0.3) is 0 Å². The van der Waals surface area contributed by atoms with Gasteiger partial charge < -0.3 is 4.90 Å². The molecule has 11 aromatic rings. The predicted molar refractivity (Wildman–Crippen MR) is 252 cm³/mol. The minimum Gasteiger partial charge on any atom is -0.311 e. The van der Waals surface area contributed by atoms with Gasteiger partial charge in [0.15, 0.2) is 0 Å². The summed E-state index contributed by atoms with van der Waals surface area (Å²) in [6.45, 7) is 0. The number of anilines is 3. The zero-order chi connectivity index (χ0) is 40.5. The molecule has 5 nitrogen and oxygen atoms in total. The van der Waals surface area contributed by atoms with Crippen LogP contribution in [0.5, 0.6) is 0 Å². The highest BCUT2D eigenvalue weighted by molar-refractivity contribution is 5.97. The van der Waals surface area contributed by atoms with E-state index in [1.54, 1.807) is 0 Å². The maximum Gasteiger partial charge on any atom is 0.0973 e. The van der Waals surface area contributed by atoms with E-state index in [-0.39, 0.29) is 0 Å². The van der Waals surface area contributed by atoms with E-state index >= 15 is 0 Å². The fourth-order valence-electron chi connectivity index (χ4n) is 8.25. The van der Waals surface area contributed by atoms with Crippen molar-refractivity contribution in [2.24, 2.45) is 0 Å². The zero-order valence-electron chi connectivity index (χ0n) is 33.1. The summed E-state index contributed by atoms with van der Waals surface area (Å²) in [7, 11) is 0. The van der Waals surface area contributed by atoms with Crippen molar-refractivity contribution in [1.82, 2.24) is 19.9 Å². The van der Waals surface area contributed by atoms with Gasteiger partial charge in [-0.2, -0.15) is 0 Å². The van der Waals surface area contributed by atoms with Crippen LogP contribution in [0.1, 0.15) is 0 Å². The molecular formula is C56H37N5. The van der Waals surface area contributed by atoms with Gasteiger partial charge in [0.1, 0.15) is 0 Å². The Morgan fingerprint density at radius 1 is 0.246 bits per heavy atom.